The van der Waals surface area contributed by atoms with Crippen LogP contribution in [-0.2, 0) is 14.3 Å². The molecule has 0 unspecified atom stereocenters. The first-order valence-electron chi connectivity index (χ1n) is 15.1. The van der Waals surface area contributed by atoms with Crippen LogP contribution in [0, 0.1) is 23.7 Å². The van der Waals surface area contributed by atoms with Gasteiger partial charge in [-0.05, 0) is 38.5 Å². The third-order valence-corrected chi connectivity index (χ3v) is 7.59. The van der Waals surface area contributed by atoms with Gasteiger partial charge in [-0.3, -0.25) is 9.59 Å². The Morgan fingerprint density at radius 1 is 0.744 bits per heavy atom. The summed E-state index contributed by atoms with van der Waals surface area (Å²) in [5, 5.41) is 72.0. The highest BCUT2D eigenvalue weighted by Crippen LogP contribution is 2.23. The summed E-state index contributed by atoms with van der Waals surface area (Å²) in [4.78, 5) is 24.5. The lowest BCUT2D eigenvalue weighted by molar-refractivity contribution is -0.162. The largest absolute Gasteiger partial charge is 0.481 e. The fourth-order valence-corrected chi connectivity index (χ4v) is 4.96. The Morgan fingerprint density at radius 2 is 1.23 bits per heavy atom. The van der Waals surface area contributed by atoms with Gasteiger partial charge in [-0.15, -0.1) is 0 Å². The Kier molecular flexibility index (Phi) is 18.2. The van der Waals surface area contributed by atoms with Gasteiger partial charge in [-0.25, -0.2) is 0 Å². The summed E-state index contributed by atoms with van der Waals surface area (Å²) in [5.74, 6) is -4.50. The van der Waals surface area contributed by atoms with Crippen LogP contribution in [0.15, 0.2) is 60.8 Å². The van der Waals surface area contributed by atoms with Crippen molar-refractivity contribution in [2.45, 2.75) is 109 Å². The second-order valence-corrected chi connectivity index (χ2v) is 11.8. The molecule has 0 radical (unpaired) electrons. The molecule has 10 nitrogen and oxygen atoms in total. The molecular formula is C33H52O10. The summed E-state index contributed by atoms with van der Waals surface area (Å²) in [7, 11) is 0. The average Bonchev–Trinajstić information content (AvgIpc) is 2.90. The highest BCUT2D eigenvalue weighted by molar-refractivity contribution is 5.73. The van der Waals surface area contributed by atoms with Crippen LogP contribution >= 0.6 is 0 Å². The van der Waals surface area contributed by atoms with Crippen LogP contribution in [0.5, 0.6) is 0 Å². The van der Waals surface area contributed by atoms with Crippen LogP contribution in [0.4, 0.5) is 0 Å². The first-order valence-corrected chi connectivity index (χ1v) is 15.1. The van der Waals surface area contributed by atoms with E-state index in [1.807, 2.05) is 39.0 Å². The lowest BCUT2D eigenvalue weighted by Crippen LogP contribution is -2.39. The van der Waals surface area contributed by atoms with Crippen molar-refractivity contribution < 1.29 is 50.1 Å². The van der Waals surface area contributed by atoms with E-state index >= 15 is 0 Å². The summed E-state index contributed by atoms with van der Waals surface area (Å²) >= 11 is 0. The van der Waals surface area contributed by atoms with E-state index in [-0.39, 0.29) is 43.9 Å². The van der Waals surface area contributed by atoms with Crippen molar-refractivity contribution in [1.29, 1.82) is 0 Å². The molecule has 1 aliphatic heterocycles. The lowest BCUT2D eigenvalue weighted by Gasteiger charge is -2.28. The minimum absolute atomic E-state index is 0.0159. The molecule has 1 rings (SSSR count). The Balaban J connectivity index is 3.08. The molecule has 0 aromatic rings. The SMILES string of the molecule is CC(C)[C@H]1OC(=O)[C@H](C)[C@@H](O)C[C@@H](O)C[C@@H](O)CCC[C@@H](O)C[C@@H](O)[C@@H](C(=O)O)[C@H](O)\C=C/C=C\C=C/C=C\C=C/[C@@H]1C. The van der Waals surface area contributed by atoms with E-state index in [1.165, 1.54) is 19.1 Å². The van der Waals surface area contributed by atoms with Crippen molar-refractivity contribution in [3.05, 3.63) is 60.8 Å². The van der Waals surface area contributed by atoms with Crippen molar-refractivity contribution in [2.75, 3.05) is 0 Å². The van der Waals surface area contributed by atoms with E-state index < -0.39 is 66.5 Å². The predicted molar refractivity (Wildman–Crippen MR) is 164 cm³/mol. The third kappa shape index (κ3) is 15.1. The number of carbonyl (C=O) groups is 2. The number of aliphatic hydroxyl groups excluding tert-OH is 6. The van der Waals surface area contributed by atoms with Crippen LogP contribution in [0.25, 0.3) is 0 Å². The molecule has 0 amide bonds. The van der Waals surface area contributed by atoms with Crippen molar-refractivity contribution in [3.8, 4) is 0 Å². The summed E-state index contributed by atoms with van der Waals surface area (Å²) in [6, 6.07) is 0. The molecule has 0 spiro atoms. The predicted octanol–water partition coefficient (Wildman–Crippen LogP) is 2.83. The molecule has 10 atom stereocenters. The molecule has 0 aromatic carbocycles. The van der Waals surface area contributed by atoms with Crippen molar-refractivity contribution in [3.63, 3.8) is 0 Å². The van der Waals surface area contributed by atoms with E-state index in [0.29, 0.717) is 6.42 Å². The van der Waals surface area contributed by atoms with Gasteiger partial charge in [0.1, 0.15) is 12.0 Å². The maximum atomic E-state index is 12.8. The number of hydrogen-bond acceptors (Lipinski definition) is 9. The van der Waals surface area contributed by atoms with Gasteiger partial charge in [0, 0.05) is 18.8 Å². The van der Waals surface area contributed by atoms with E-state index in [1.54, 1.807) is 30.4 Å². The van der Waals surface area contributed by atoms with Crippen LogP contribution < -0.4 is 0 Å². The normalized spacial score (nSPS) is 39.0. The summed E-state index contributed by atoms with van der Waals surface area (Å²) < 4.78 is 5.76. The smallest absolute Gasteiger partial charge is 0.312 e. The van der Waals surface area contributed by atoms with E-state index in [0.717, 1.165) is 0 Å². The van der Waals surface area contributed by atoms with Crippen LogP contribution in [-0.4, -0.2) is 90.4 Å². The number of carboxylic acid groups (broad SMARTS) is 1. The summed E-state index contributed by atoms with van der Waals surface area (Å²) in [6.45, 7) is 7.35. The minimum Gasteiger partial charge on any atom is -0.481 e. The number of carbonyl (C=O) groups excluding carboxylic acids is 1. The van der Waals surface area contributed by atoms with Gasteiger partial charge in [0.05, 0.1) is 42.5 Å². The number of hydrogen-bond donors (Lipinski definition) is 7. The maximum absolute atomic E-state index is 12.8. The number of aliphatic carboxylic acids is 1. The molecule has 10 heteroatoms. The first kappa shape index (κ1) is 38.4. The summed E-state index contributed by atoms with van der Waals surface area (Å²) in [5.41, 5.74) is 0. The molecule has 0 saturated carbocycles. The zero-order valence-electron chi connectivity index (χ0n) is 25.7. The van der Waals surface area contributed by atoms with E-state index in [2.05, 4.69) is 0 Å². The summed E-state index contributed by atoms with van der Waals surface area (Å²) in [6.07, 6.45) is 9.38. The molecule has 1 aliphatic rings. The van der Waals surface area contributed by atoms with Gasteiger partial charge in [-0.2, -0.15) is 0 Å². The topological polar surface area (TPSA) is 185 Å². The van der Waals surface area contributed by atoms with E-state index in [9.17, 15) is 45.3 Å². The molecule has 0 aliphatic carbocycles. The highest BCUT2D eigenvalue weighted by Gasteiger charge is 2.34. The molecular weight excluding hydrogens is 556 g/mol. The Labute approximate surface area is 255 Å². The first-order chi connectivity index (χ1) is 20.2. The lowest BCUT2D eigenvalue weighted by atomic mass is 9.90. The zero-order valence-corrected chi connectivity index (χ0v) is 25.7. The number of cyclic esters (lactones) is 1. The number of aliphatic hydroxyl groups is 6. The van der Waals surface area contributed by atoms with Crippen LogP contribution in [0.2, 0.25) is 0 Å². The van der Waals surface area contributed by atoms with Crippen molar-refractivity contribution in [2.24, 2.45) is 23.7 Å². The van der Waals surface area contributed by atoms with Gasteiger partial charge in [-0.1, -0.05) is 81.5 Å². The van der Waals surface area contributed by atoms with E-state index in [4.69, 9.17) is 4.74 Å². The zero-order chi connectivity index (χ0) is 32.5. The molecule has 43 heavy (non-hydrogen) atoms. The number of allylic oxidation sites excluding steroid dienone is 8. The average molecular weight is 609 g/mol. The second-order valence-electron chi connectivity index (χ2n) is 11.8. The Hall–Kier alpha value is -2.60. The van der Waals surface area contributed by atoms with Gasteiger partial charge < -0.3 is 40.5 Å². The number of ether oxygens (including phenoxy) is 1. The number of carboxylic acids is 1. The van der Waals surface area contributed by atoms with Gasteiger partial charge in [0.15, 0.2) is 0 Å². The molecule has 244 valence electrons. The van der Waals surface area contributed by atoms with Crippen molar-refractivity contribution >= 4 is 11.9 Å². The molecule has 0 bridgehead atoms. The maximum Gasteiger partial charge on any atom is 0.312 e. The van der Waals surface area contributed by atoms with Crippen LogP contribution in [0.3, 0.4) is 0 Å². The number of esters is 1. The monoisotopic (exact) mass is 608 g/mol. The highest BCUT2D eigenvalue weighted by atomic mass is 16.5. The molecule has 7 N–H and O–H groups in total. The van der Waals surface area contributed by atoms with Crippen molar-refractivity contribution in [1.82, 2.24) is 0 Å². The standard InChI is InChI=1S/C33H52O10/c1-21(2)31-22(3)14-11-9-7-5-6-8-10-12-17-27(37)30(32(40)41)29(39)19-25(35)16-13-15-24(34)18-26(36)20-28(38)23(4)33(42)43-31/h5-12,14,17,21-31,34-39H,13,15-16,18-20H2,1-4H3,(H,40,41)/b6-5-,9-7-,10-8-,14-11-,17-12-/t22-,23+,24-,25+,26-,27+,28-,29+,30-,31+/m0/s1. The minimum atomic E-state index is -1.54. The Morgan fingerprint density at radius 3 is 1.77 bits per heavy atom. The van der Waals surface area contributed by atoms with Crippen LogP contribution in [0.1, 0.15) is 66.2 Å². The quantitative estimate of drug-likeness (QED) is 0.230. The van der Waals surface area contributed by atoms with Gasteiger partial charge in [0.25, 0.3) is 0 Å². The van der Waals surface area contributed by atoms with Gasteiger partial charge >= 0.3 is 11.9 Å². The fraction of sp³-hybridized carbons (Fsp3) is 0.636. The molecule has 1 heterocycles. The Bertz CT molecular complexity index is 969. The second kappa shape index (κ2) is 20.4. The molecule has 0 saturated heterocycles. The number of rotatable bonds is 2. The molecule has 0 aromatic heterocycles. The molecule has 0 fully saturated rings. The fourth-order valence-electron chi connectivity index (χ4n) is 4.96. The van der Waals surface area contributed by atoms with Gasteiger partial charge in [0.2, 0.25) is 0 Å². The third-order valence-electron chi connectivity index (χ3n) is 7.59.